The first-order valence-corrected chi connectivity index (χ1v) is 5.71. The highest BCUT2D eigenvalue weighted by Crippen LogP contribution is 2.20. The van der Waals surface area contributed by atoms with E-state index in [1.54, 1.807) is 0 Å². The summed E-state index contributed by atoms with van der Waals surface area (Å²) in [6.45, 7) is 0.927. The molecule has 2 unspecified atom stereocenters. The predicted molar refractivity (Wildman–Crippen MR) is 60.3 cm³/mol. The molecule has 14 heavy (non-hydrogen) atoms. The Morgan fingerprint density at radius 1 is 1.43 bits per heavy atom. The van der Waals surface area contributed by atoms with Crippen LogP contribution in [-0.2, 0) is 6.42 Å². The van der Waals surface area contributed by atoms with E-state index in [0.717, 1.165) is 23.9 Å². The molecule has 1 aliphatic heterocycles. The van der Waals surface area contributed by atoms with Gasteiger partial charge in [-0.25, -0.2) is 0 Å². The molecular formula is C11H14BrNO. The van der Waals surface area contributed by atoms with Crippen LogP contribution in [0.5, 0.6) is 0 Å². The molecule has 0 bridgehead atoms. The van der Waals surface area contributed by atoms with Gasteiger partial charge in [0.05, 0.1) is 6.10 Å². The molecule has 76 valence electrons. The van der Waals surface area contributed by atoms with Crippen molar-refractivity contribution < 1.29 is 5.11 Å². The zero-order chi connectivity index (χ0) is 9.97. The van der Waals surface area contributed by atoms with E-state index in [4.69, 9.17) is 0 Å². The fraction of sp³-hybridized carbons (Fsp3) is 0.455. The van der Waals surface area contributed by atoms with Gasteiger partial charge in [-0.15, -0.1) is 0 Å². The minimum Gasteiger partial charge on any atom is -0.391 e. The normalized spacial score (nSPS) is 26.7. The van der Waals surface area contributed by atoms with Crippen molar-refractivity contribution in [1.29, 1.82) is 0 Å². The van der Waals surface area contributed by atoms with Crippen LogP contribution in [0.4, 0.5) is 0 Å². The minimum absolute atomic E-state index is 0.192. The zero-order valence-electron chi connectivity index (χ0n) is 7.91. The van der Waals surface area contributed by atoms with E-state index in [9.17, 15) is 5.11 Å². The topological polar surface area (TPSA) is 32.3 Å². The fourth-order valence-electron chi connectivity index (χ4n) is 1.86. The first-order chi connectivity index (χ1) is 6.77. The molecule has 0 aliphatic carbocycles. The summed E-state index contributed by atoms with van der Waals surface area (Å²) in [5.41, 5.74) is 1.26. The van der Waals surface area contributed by atoms with Crippen molar-refractivity contribution in [2.24, 2.45) is 0 Å². The van der Waals surface area contributed by atoms with Gasteiger partial charge in [-0.05, 0) is 31.0 Å². The quantitative estimate of drug-likeness (QED) is 0.844. The molecule has 0 amide bonds. The smallest absolute Gasteiger partial charge is 0.0708 e. The van der Waals surface area contributed by atoms with Crippen LogP contribution in [0.3, 0.4) is 0 Å². The molecule has 1 aromatic rings. The number of hydrogen-bond donors (Lipinski definition) is 2. The van der Waals surface area contributed by atoms with Crippen molar-refractivity contribution in [1.82, 2.24) is 5.32 Å². The lowest BCUT2D eigenvalue weighted by atomic mass is 10.0. The van der Waals surface area contributed by atoms with Gasteiger partial charge in [0.2, 0.25) is 0 Å². The summed E-state index contributed by atoms with van der Waals surface area (Å²) < 4.78 is 1.13. The van der Waals surface area contributed by atoms with Crippen LogP contribution in [0.1, 0.15) is 12.0 Å². The summed E-state index contributed by atoms with van der Waals surface area (Å²) in [5, 5.41) is 13.0. The number of hydrogen-bond acceptors (Lipinski definition) is 2. The van der Waals surface area contributed by atoms with E-state index in [-0.39, 0.29) is 12.1 Å². The van der Waals surface area contributed by atoms with Crippen LogP contribution < -0.4 is 5.32 Å². The Labute approximate surface area is 92.5 Å². The minimum atomic E-state index is -0.192. The number of nitrogens with one attached hydrogen (secondary N) is 1. The maximum absolute atomic E-state index is 9.66. The highest BCUT2D eigenvalue weighted by atomic mass is 79.9. The van der Waals surface area contributed by atoms with Crippen molar-refractivity contribution >= 4 is 15.9 Å². The molecule has 1 aromatic carbocycles. The molecular weight excluding hydrogens is 242 g/mol. The van der Waals surface area contributed by atoms with Crippen LogP contribution in [-0.4, -0.2) is 23.8 Å². The van der Waals surface area contributed by atoms with Crippen LogP contribution in [0.25, 0.3) is 0 Å². The Kier molecular flexibility index (Phi) is 3.21. The van der Waals surface area contributed by atoms with Gasteiger partial charge in [-0.2, -0.15) is 0 Å². The largest absolute Gasteiger partial charge is 0.391 e. The molecule has 2 rings (SSSR count). The maximum atomic E-state index is 9.66. The monoisotopic (exact) mass is 255 g/mol. The second-order valence-corrected chi connectivity index (χ2v) is 4.57. The molecule has 2 atom stereocenters. The van der Waals surface area contributed by atoms with E-state index < -0.39 is 0 Å². The molecule has 1 aliphatic rings. The molecule has 2 N–H and O–H groups in total. The summed E-state index contributed by atoms with van der Waals surface area (Å²) in [7, 11) is 0. The second kappa shape index (κ2) is 4.43. The molecule has 1 heterocycles. The molecule has 2 nitrogen and oxygen atoms in total. The lowest BCUT2D eigenvalue weighted by molar-refractivity contribution is 0.159. The third kappa shape index (κ3) is 2.16. The molecule has 0 saturated carbocycles. The van der Waals surface area contributed by atoms with E-state index in [2.05, 4.69) is 27.3 Å². The van der Waals surface area contributed by atoms with E-state index in [1.165, 1.54) is 5.56 Å². The van der Waals surface area contributed by atoms with E-state index in [0.29, 0.717) is 0 Å². The maximum Gasteiger partial charge on any atom is 0.0708 e. The van der Waals surface area contributed by atoms with Crippen LogP contribution in [0.15, 0.2) is 28.7 Å². The first kappa shape index (κ1) is 10.1. The Morgan fingerprint density at radius 3 is 2.86 bits per heavy atom. The summed E-state index contributed by atoms with van der Waals surface area (Å²) in [4.78, 5) is 0. The van der Waals surface area contributed by atoms with Crippen molar-refractivity contribution in [3.05, 3.63) is 34.3 Å². The Balaban J connectivity index is 2.07. The van der Waals surface area contributed by atoms with Crippen LogP contribution >= 0.6 is 15.9 Å². The van der Waals surface area contributed by atoms with Crippen LogP contribution in [0.2, 0.25) is 0 Å². The van der Waals surface area contributed by atoms with Crippen molar-refractivity contribution in [3.63, 3.8) is 0 Å². The summed E-state index contributed by atoms with van der Waals surface area (Å²) in [5.74, 6) is 0. The lowest BCUT2D eigenvalue weighted by Crippen LogP contribution is -2.32. The fourth-order valence-corrected chi connectivity index (χ4v) is 2.31. The van der Waals surface area contributed by atoms with Gasteiger partial charge in [0, 0.05) is 10.5 Å². The Hall–Kier alpha value is -0.380. The second-order valence-electron chi connectivity index (χ2n) is 3.71. The highest BCUT2D eigenvalue weighted by molar-refractivity contribution is 9.10. The van der Waals surface area contributed by atoms with Gasteiger partial charge >= 0.3 is 0 Å². The number of rotatable bonds is 2. The molecule has 3 heteroatoms. The van der Waals surface area contributed by atoms with Crippen molar-refractivity contribution in [2.75, 3.05) is 6.54 Å². The Bertz CT molecular complexity index is 316. The van der Waals surface area contributed by atoms with Crippen LogP contribution in [0, 0.1) is 0 Å². The van der Waals surface area contributed by atoms with Crippen molar-refractivity contribution in [3.8, 4) is 0 Å². The molecule has 1 saturated heterocycles. The average Bonchev–Trinajstić information content (AvgIpc) is 2.56. The number of halogens is 1. The number of aliphatic hydroxyl groups is 1. The zero-order valence-corrected chi connectivity index (χ0v) is 9.50. The van der Waals surface area contributed by atoms with Gasteiger partial charge in [0.15, 0.2) is 0 Å². The number of aliphatic hydroxyl groups excluding tert-OH is 1. The molecule has 0 aromatic heterocycles. The first-order valence-electron chi connectivity index (χ1n) is 4.92. The predicted octanol–water partition coefficient (Wildman–Crippen LogP) is 1.71. The number of benzene rings is 1. The summed E-state index contributed by atoms with van der Waals surface area (Å²) in [6.07, 6.45) is 1.57. The summed E-state index contributed by atoms with van der Waals surface area (Å²) in [6, 6.07) is 8.38. The molecule has 0 spiro atoms. The summed E-state index contributed by atoms with van der Waals surface area (Å²) >= 11 is 3.51. The van der Waals surface area contributed by atoms with E-state index >= 15 is 0 Å². The SMILES string of the molecule is OC1CCNC1Cc1ccccc1Br. The standard InChI is InChI=1S/C11H14BrNO/c12-9-4-2-1-3-8(9)7-10-11(14)5-6-13-10/h1-4,10-11,13-14H,5-7H2. The molecule has 0 radical (unpaired) electrons. The molecule has 1 fully saturated rings. The van der Waals surface area contributed by atoms with Crippen molar-refractivity contribution in [2.45, 2.75) is 25.0 Å². The van der Waals surface area contributed by atoms with Gasteiger partial charge in [0.1, 0.15) is 0 Å². The highest BCUT2D eigenvalue weighted by Gasteiger charge is 2.24. The Morgan fingerprint density at radius 2 is 2.21 bits per heavy atom. The van der Waals surface area contributed by atoms with Gasteiger partial charge in [-0.3, -0.25) is 0 Å². The van der Waals surface area contributed by atoms with Gasteiger partial charge in [-0.1, -0.05) is 34.1 Å². The average molecular weight is 256 g/mol. The van der Waals surface area contributed by atoms with Gasteiger partial charge in [0.25, 0.3) is 0 Å². The third-order valence-electron chi connectivity index (χ3n) is 2.71. The third-order valence-corrected chi connectivity index (χ3v) is 3.48. The van der Waals surface area contributed by atoms with E-state index in [1.807, 2.05) is 18.2 Å². The van der Waals surface area contributed by atoms with Gasteiger partial charge < -0.3 is 10.4 Å². The lowest BCUT2D eigenvalue weighted by Gasteiger charge is -2.15.